The zero-order valence-electron chi connectivity index (χ0n) is 13.4. The van der Waals surface area contributed by atoms with E-state index < -0.39 is 14.9 Å². The van der Waals surface area contributed by atoms with Gasteiger partial charge in [-0.05, 0) is 30.3 Å². The summed E-state index contributed by atoms with van der Waals surface area (Å²) in [6.45, 7) is 0. The molecule has 0 saturated heterocycles. The highest BCUT2D eigenvalue weighted by Crippen LogP contribution is 2.28. The van der Waals surface area contributed by atoms with Crippen molar-refractivity contribution in [3.05, 3.63) is 64.0 Å². The SMILES string of the molecule is COc1ccc(-c2csc(NS(=O)(=O)c3cccc([N+](=O)[O-])c3)n2)cc1. The first kappa shape index (κ1) is 17.8. The normalized spacial score (nSPS) is 11.1. The second kappa shape index (κ2) is 7.10. The molecule has 134 valence electrons. The molecule has 0 fully saturated rings. The molecule has 10 heteroatoms. The first-order valence-corrected chi connectivity index (χ1v) is 9.62. The van der Waals surface area contributed by atoms with Crippen LogP contribution in [-0.2, 0) is 10.0 Å². The van der Waals surface area contributed by atoms with Gasteiger partial charge in [0.15, 0.2) is 5.13 Å². The Morgan fingerprint density at radius 1 is 1.19 bits per heavy atom. The number of aromatic nitrogens is 1. The molecule has 0 atom stereocenters. The molecular weight excluding hydrogens is 378 g/mol. The van der Waals surface area contributed by atoms with E-state index in [1.807, 2.05) is 12.1 Å². The Hall–Kier alpha value is -2.98. The summed E-state index contributed by atoms with van der Waals surface area (Å²) in [7, 11) is -2.41. The average molecular weight is 391 g/mol. The second-order valence-electron chi connectivity index (χ2n) is 5.13. The van der Waals surface area contributed by atoms with Crippen molar-refractivity contribution in [3.8, 4) is 17.0 Å². The van der Waals surface area contributed by atoms with Gasteiger partial charge in [-0.2, -0.15) is 0 Å². The number of ether oxygens (including phenoxy) is 1. The quantitative estimate of drug-likeness (QED) is 0.508. The smallest absolute Gasteiger partial charge is 0.270 e. The number of nitro groups is 1. The van der Waals surface area contributed by atoms with E-state index in [1.54, 1.807) is 24.6 Å². The van der Waals surface area contributed by atoms with Gasteiger partial charge in [-0.3, -0.25) is 14.8 Å². The van der Waals surface area contributed by atoms with Gasteiger partial charge in [-0.1, -0.05) is 6.07 Å². The molecule has 1 heterocycles. The third-order valence-corrected chi connectivity index (χ3v) is 5.67. The van der Waals surface area contributed by atoms with Gasteiger partial charge < -0.3 is 4.74 Å². The van der Waals surface area contributed by atoms with Crippen LogP contribution in [0.2, 0.25) is 0 Å². The summed E-state index contributed by atoms with van der Waals surface area (Å²) in [6.07, 6.45) is 0. The van der Waals surface area contributed by atoms with E-state index in [1.165, 1.54) is 18.2 Å². The van der Waals surface area contributed by atoms with Gasteiger partial charge >= 0.3 is 0 Å². The van der Waals surface area contributed by atoms with Gasteiger partial charge in [0.25, 0.3) is 15.7 Å². The van der Waals surface area contributed by atoms with Crippen LogP contribution in [-0.4, -0.2) is 25.4 Å². The van der Waals surface area contributed by atoms with Crippen LogP contribution < -0.4 is 9.46 Å². The zero-order valence-corrected chi connectivity index (χ0v) is 15.1. The van der Waals surface area contributed by atoms with Crippen molar-refractivity contribution < 1.29 is 18.1 Å². The van der Waals surface area contributed by atoms with Crippen LogP contribution >= 0.6 is 11.3 Å². The topological polar surface area (TPSA) is 111 Å². The lowest BCUT2D eigenvalue weighted by molar-refractivity contribution is -0.385. The highest BCUT2D eigenvalue weighted by atomic mass is 32.2. The van der Waals surface area contributed by atoms with Gasteiger partial charge in [0.2, 0.25) is 0 Å². The molecule has 0 spiro atoms. The number of rotatable bonds is 6. The van der Waals surface area contributed by atoms with Crippen molar-refractivity contribution in [2.45, 2.75) is 4.90 Å². The summed E-state index contributed by atoms with van der Waals surface area (Å²) in [6, 6.07) is 12.0. The van der Waals surface area contributed by atoms with Gasteiger partial charge in [0.05, 0.1) is 22.6 Å². The Labute approximate surface area is 153 Å². The van der Waals surface area contributed by atoms with Gasteiger partial charge in [-0.25, -0.2) is 13.4 Å². The molecule has 0 radical (unpaired) electrons. The third kappa shape index (κ3) is 3.81. The predicted octanol–water partition coefficient (Wildman–Crippen LogP) is 3.53. The van der Waals surface area contributed by atoms with Crippen molar-refractivity contribution in [1.82, 2.24) is 4.98 Å². The number of methoxy groups -OCH3 is 1. The zero-order chi connectivity index (χ0) is 18.7. The van der Waals surface area contributed by atoms with Crippen LogP contribution in [0, 0.1) is 10.1 Å². The van der Waals surface area contributed by atoms with E-state index in [0.717, 1.165) is 23.0 Å². The minimum atomic E-state index is -3.98. The molecule has 8 nitrogen and oxygen atoms in total. The number of non-ortho nitro benzene ring substituents is 1. The molecule has 0 aliphatic heterocycles. The van der Waals surface area contributed by atoms with Gasteiger partial charge in [0.1, 0.15) is 5.75 Å². The summed E-state index contributed by atoms with van der Waals surface area (Å²) in [5.74, 6) is 0.704. The fourth-order valence-electron chi connectivity index (χ4n) is 2.15. The van der Waals surface area contributed by atoms with Crippen LogP contribution in [0.1, 0.15) is 0 Å². The largest absolute Gasteiger partial charge is 0.497 e. The monoisotopic (exact) mass is 391 g/mol. The van der Waals surface area contributed by atoms with E-state index in [9.17, 15) is 18.5 Å². The predicted molar refractivity (Wildman–Crippen MR) is 98.0 cm³/mol. The number of thiazole rings is 1. The molecular formula is C16H13N3O5S2. The number of hydrogen-bond donors (Lipinski definition) is 1. The Bertz CT molecular complexity index is 1050. The fraction of sp³-hybridized carbons (Fsp3) is 0.0625. The Morgan fingerprint density at radius 2 is 1.92 bits per heavy atom. The van der Waals surface area contributed by atoms with Crippen molar-refractivity contribution in [3.63, 3.8) is 0 Å². The summed E-state index contributed by atoms with van der Waals surface area (Å²) < 4.78 is 32.3. The average Bonchev–Trinajstić information content (AvgIpc) is 3.09. The lowest BCUT2D eigenvalue weighted by Crippen LogP contribution is -2.13. The van der Waals surface area contributed by atoms with E-state index in [2.05, 4.69) is 9.71 Å². The maximum atomic E-state index is 12.4. The molecule has 0 bridgehead atoms. The number of anilines is 1. The van der Waals surface area contributed by atoms with Gasteiger partial charge in [-0.15, -0.1) is 11.3 Å². The number of benzene rings is 2. The molecule has 0 aliphatic rings. The van der Waals surface area contributed by atoms with Gasteiger partial charge in [0, 0.05) is 23.1 Å². The Balaban J connectivity index is 1.83. The maximum absolute atomic E-state index is 12.4. The molecule has 3 rings (SSSR count). The van der Waals surface area contributed by atoms with Crippen LogP contribution in [0.4, 0.5) is 10.8 Å². The van der Waals surface area contributed by atoms with E-state index in [4.69, 9.17) is 4.74 Å². The molecule has 0 aliphatic carbocycles. The van der Waals surface area contributed by atoms with Crippen molar-refractivity contribution >= 4 is 32.2 Å². The summed E-state index contributed by atoms with van der Waals surface area (Å²) in [4.78, 5) is 14.2. The highest BCUT2D eigenvalue weighted by molar-refractivity contribution is 7.93. The van der Waals surface area contributed by atoms with Crippen molar-refractivity contribution in [1.29, 1.82) is 0 Å². The molecule has 1 aromatic heterocycles. The third-order valence-electron chi connectivity index (χ3n) is 3.45. The molecule has 0 unspecified atom stereocenters. The fourth-order valence-corrected chi connectivity index (χ4v) is 4.16. The van der Waals surface area contributed by atoms with E-state index in [0.29, 0.717) is 11.4 Å². The van der Waals surface area contributed by atoms with E-state index >= 15 is 0 Å². The lowest BCUT2D eigenvalue weighted by atomic mass is 10.2. The van der Waals surface area contributed by atoms with Crippen molar-refractivity contribution in [2.24, 2.45) is 0 Å². The standard InChI is InChI=1S/C16H13N3O5S2/c1-24-13-7-5-11(6-8-13)15-10-25-16(17-15)18-26(22,23)14-4-2-3-12(9-14)19(20)21/h2-10H,1H3,(H,17,18). The molecule has 1 N–H and O–H groups in total. The number of nitrogens with zero attached hydrogens (tertiary/aromatic N) is 2. The highest BCUT2D eigenvalue weighted by Gasteiger charge is 2.19. The van der Waals surface area contributed by atoms with Crippen LogP contribution in [0.5, 0.6) is 5.75 Å². The second-order valence-corrected chi connectivity index (χ2v) is 7.67. The van der Waals surface area contributed by atoms with Crippen LogP contribution in [0.15, 0.2) is 58.8 Å². The van der Waals surface area contributed by atoms with E-state index in [-0.39, 0.29) is 15.7 Å². The summed E-state index contributed by atoms with van der Waals surface area (Å²) in [5, 5.41) is 12.7. The Morgan fingerprint density at radius 3 is 2.58 bits per heavy atom. The minimum absolute atomic E-state index is 0.169. The van der Waals surface area contributed by atoms with Crippen molar-refractivity contribution in [2.75, 3.05) is 11.8 Å². The molecule has 3 aromatic rings. The number of nitrogens with one attached hydrogen (secondary N) is 1. The molecule has 0 saturated carbocycles. The van der Waals surface area contributed by atoms with Crippen LogP contribution in [0.3, 0.4) is 0 Å². The number of sulfonamides is 1. The first-order valence-electron chi connectivity index (χ1n) is 7.26. The lowest BCUT2D eigenvalue weighted by Gasteiger charge is -2.05. The minimum Gasteiger partial charge on any atom is -0.497 e. The summed E-state index contributed by atoms with van der Waals surface area (Å²) in [5.41, 5.74) is 1.11. The maximum Gasteiger partial charge on any atom is 0.270 e. The molecule has 2 aromatic carbocycles. The molecule has 26 heavy (non-hydrogen) atoms. The summed E-state index contributed by atoms with van der Waals surface area (Å²) >= 11 is 1.12. The number of nitro benzene ring substituents is 1. The Kier molecular flexibility index (Phi) is 4.87. The molecule has 0 amide bonds. The number of hydrogen-bond acceptors (Lipinski definition) is 7. The van der Waals surface area contributed by atoms with Crippen LogP contribution in [0.25, 0.3) is 11.3 Å². The first-order chi connectivity index (χ1) is 12.4.